The minimum Gasteiger partial charge on any atom is -0.316 e. The normalized spacial score (nSPS) is 14.4. The average molecular weight is 467 g/mol. The highest BCUT2D eigenvalue weighted by Gasteiger charge is 2.24. The summed E-state index contributed by atoms with van der Waals surface area (Å²) in [6, 6.07) is 9.60. The Balaban J connectivity index is 1.59. The third-order valence-corrected chi connectivity index (χ3v) is 7.99. The Morgan fingerprint density at radius 1 is 1.31 bits per heavy atom. The Kier molecular flexibility index (Phi) is 6.97. The molecule has 0 spiro atoms. The number of hydrogen-bond acceptors (Lipinski definition) is 6. The van der Waals surface area contributed by atoms with E-state index in [1.165, 1.54) is 34.4 Å². The third kappa shape index (κ3) is 4.45. The zero-order chi connectivity index (χ0) is 22.7. The third-order valence-electron chi connectivity index (χ3n) is 5.70. The minimum absolute atomic E-state index is 0.0821. The van der Waals surface area contributed by atoms with E-state index in [1.54, 1.807) is 10.6 Å². The summed E-state index contributed by atoms with van der Waals surface area (Å²) in [5.41, 5.74) is 2.28. The molecule has 1 aromatic carbocycles. The van der Waals surface area contributed by atoms with Crippen LogP contribution < -0.4 is 10.9 Å². The number of nitrogens with zero attached hydrogens (tertiary/aromatic N) is 3. The number of rotatable bonds is 6. The fourth-order valence-corrected chi connectivity index (χ4v) is 6.21. The lowest BCUT2D eigenvalue weighted by Gasteiger charge is -2.15. The van der Waals surface area contributed by atoms with Crippen LogP contribution in [0, 0.1) is 11.3 Å². The maximum absolute atomic E-state index is 13.0. The number of fused-ring (bicyclic) bond motifs is 2. The smallest absolute Gasteiger partial charge is 0.262 e. The van der Waals surface area contributed by atoms with Crippen LogP contribution in [0.3, 0.4) is 0 Å². The zero-order valence-corrected chi connectivity index (χ0v) is 19.9. The SMILES string of the molecule is CCCn1c(SC(C)C(=O)Nc2sc3c(c2C#N)CCCCC3)nc2ccccc2c1=O. The summed E-state index contributed by atoms with van der Waals surface area (Å²) in [5.74, 6) is -0.187. The van der Waals surface area contributed by atoms with Crippen molar-refractivity contribution in [2.24, 2.45) is 0 Å². The first kappa shape index (κ1) is 22.6. The number of thiophene rings is 1. The van der Waals surface area contributed by atoms with Gasteiger partial charge in [-0.05, 0) is 56.7 Å². The van der Waals surface area contributed by atoms with Crippen LogP contribution in [0.5, 0.6) is 0 Å². The molecule has 8 heteroatoms. The molecule has 2 heterocycles. The van der Waals surface area contributed by atoms with Crippen LogP contribution in [0.1, 0.15) is 55.5 Å². The predicted molar refractivity (Wildman–Crippen MR) is 131 cm³/mol. The van der Waals surface area contributed by atoms with Crippen LogP contribution in [-0.2, 0) is 24.2 Å². The van der Waals surface area contributed by atoms with E-state index in [0.717, 1.165) is 37.7 Å². The van der Waals surface area contributed by atoms with Crippen LogP contribution >= 0.6 is 23.1 Å². The molecule has 1 aliphatic carbocycles. The van der Waals surface area contributed by atoms with E-state index in [-0.39, 0.29) is 11.5 Å². The number of hydrogen-bond donors (Lipinski definition) is 1. The fraction of sp³-hybridized carbons (Fsp3) is 0.417. The first-order valence-electron chi connectivity index (χ1n) is 11.0. The molecule has 32 heavy (non-hydrogen) atoms. The van der Waals surface area contributed by atoms with Crippen LogP contribution in [0.15, 0.2) is 34.2 Å². The largest absolute Gasteiger partial charge is 0.316 e. The molecular formula is C24H26N4O2S2. The van der Waals surface area contributed by atoms with Gasteiger partial charge in [0.25, 0.3) is 5.56 Å². The topological polar surface area (TPSA) is 87.8 Å². The quantitative estimate of drug-likeness (QED) is 0.309. The predicted octanol–water partition coefficient (Wildman–Crippen LogP) is 5.13. The number of amides is 1. The molecule has 1 N–H and O–H groups in total. The lowest BCUT2D eigenvalue weighted by atomic mass is 10.1. The van der Waals surface area contributed by atoms with E-state index >= 15 is 0 Å². The van der Waals surface area contributed by atoms with Gasteiger partial charge in [-0.2, -0.15) is 5.26 Å². The highest BCUT2D eigenvalue weighted by atomic mass is 32.2. The number of anilines is 1. The van der Waals surface area contributed by atoms with Gasteiger partial charge in [0.15, 0.2) is 5.16 Å². The number of aromatic nitrogens is 2. The summed E-state index contributed by atoms with van der Waals surface area (Å²) in [6.07, 6.45) is 6.06. The van der Waals surface area contributed by atoms with Gasteiger partial charge in [-0.25, -0.2) is 4.98 Å². The van der Waals surface area contributed by atoms with Gasteiger partial charge < -0.3 is 5.32 Å². The van der Waals surface area contributed by atoms with Crippen LogP contribution in [-0.4, -0.2) is 20.7 Å². The molecule has 3 aromatic rings. The number of aryl methyl sites for hydroxylation is 1. The van der Waals surface area contributed by atoms with Crippen molar-refractivity contribution >= 4 is 44.9 Å². The maximum atomic E-state index is 13.0. The second kappa shape index (κ2) is 9.88. The molecule has 1 amide bonds. The number of carbonyl (C=O) groups excluding carboxylic acids is 1. The van der Waals surface area contributed by atoms with Gasteiger partial charge in [-0.3, -0.25) is 14.2 Å². The van der Waals surface area contributed by atoms with Crippen LogP contribution in [0.25, 0.3) is 10.9 Å². The molecule has 0 bridgehead atoms. The number of nitriles is 1. The fourth-order valence-electron chi connectivity index (χ4n) is 4.03. The van der Waals surface area contributed by atoms with Gasteiger partial charge in [0, 0.05) is 11.4 Å². The lowest BCUT2D eigenvalue weighted by Crippen LogP contribution is -2.27. The zero-order valence-electron chi connectivity index (χ0n) is 18.3. The Morgan fingerprint density at radius 3 is 2.88 bits per heavy atom. The number of para-hydroxylation sites is 1. The van der Waals surface area contributed by atoms with Gasteiger partial charge in [0.1, 0.15) is 11.1 Å². The first-order chi connectivity index (χ1) is 15.5. The van der Waals surface area contributed by atoms with E-state index < -0.39 is 5.25 Å². The second-order valence-corrected chi connectivity index (χ2v) is 10.4. The molecule has 4 rings (SSSR count). The molecule has 0 fully saturated rings. The Bertz CT molecular complexity index is 1260. The monoisotopic (exact) mass is 466 g/mol. The van der Waals surface area contributed by atoms with Crippen molar-refractivity contribution in [2.45, 2.75) is 69.3 Å². The minimum atomic E-state index is -0.473. The van der Waals surface area contributed by atoms with E-state index in [9.17, 15) is 14.9 Å². The highest BCUT2D eigenvalue weighted by Crippen LogP contribution is 2.37. The first-order valence-corrected chi connectivity index (χ1v) is 12.7. The van der Waals surface area contributed by atoms with Gasteiger partial charge >= 0.3 is 0 Å². The molecule has 0 saturated carbocycles. The molecule has 0 saturated heterocycles. The summed E-state index contributed by atoms with van der Waals surface area (Å²) < 4.78 is 1.66. The van der Waals surface area contributed by atoms with E-state index in [1.807, 2.05) is 32.0 Å². The second-order valence-electron chi connectivity index (χ2n) is 8.00. The summed E-state index contributed by atoms with van der Waals surface area (Å²) in [5, 5.41) is 14.0. The van der Waals surface area contributed by atoms with Crippen LogP contribution in [0.4, 0.5) is 5.00 Å². The van der Waals surface area contributed by atoms with Crippen molar-refractivity contribution in [3.8, 4) is 6.07 Å². The number of carbonyl (C=O) groups is 1. The van der Waals surface area contributed by atoms with Gasteiger partial charge in [0.2, 0.25) is 5.91 Å². The van der Waals surface area contributed by atoms with E-state index in [4.69, 9.17) is 0 Å². The summed E-state index contributed by atoms with van der Waals surface area (Å²) >= 11 is 2.81. The average Bonchev–Trinajstić information content (AvgIpc) is 2.95. The molecule has 1 atom stereocenters. The maximum Gasteiger partial charge on any atom is 0.262 e. The Labute approximate surface area is 195 Å². The number of nitrogens with one attached hydrogen (secondary N) is 1. The van der Waals surface area contributed by atoms with Gasteiger partial charge in [-0.15, -0.1) is 11.3 Å². The van der Waals surface area contributed by atoms with Crippen LogP contribution in [0.2, 0.25) is 0 Å². The molecule has 0 aliphatic heterocycles. The molecule has 0 radical (unpaired) electrons. The van der Waals surface area contributed by atoms with Crippen molar-refractivity contribution < 1.29 is 4.79 Å². The van der Waals surface area contributed by atoms with Crippen molar-refractivity contribution in [1.82, 2.24) is 9.55 Å². The summed E-state index contributed by atoms with van der Waals surface area (Å²) in [7, 11) is 0. The summed E-state index contributed by atoms with van der Waals surface area (Å²) in [4.78, 5) is 31.9. The Hall–Kier alpha value is -2.63. The summed E-state index contributed by atoms with van der Waals surface area (Å²) in [6.45, 7) is 4.36. The molecule has 1 aliphatic rings. The molecule has 1 unspecified atom stereocenters. The molecular weight excluding hydrogens is 440 g/mol. The van der Waals surface area contributed by atoms with E-state index in [2.05, 4.69) is 16.4 Å². The van der Waals surface area contributed by atoms with E-state index in [0.29, 0.717) is 33.2 Å². The molecule has 166 valence electrons. The van der Waals surface area contributed by atoms with Crippen molar-refractivity contribution in [3.63, 3.8) is 0 Å². The van der Waals surface area contributed by atoms with Crippen molar-refractivity contribution in [2.75, 3.05) is 5.32 Å². The standard InChI is InChI=1S/C24H26N4O2S2/c1-3-13-28-23(30)17-10-7-8-11-19(17)26-24(28)31-15(2)21(29)27-22-18(14-25)16-9-5-4-6-12-20(16)32-22/h7-8,10-11,15H,3-6,9,12-13H2,1-2H3,(H,27,29). The Morgan fingerprint density at radius 2 is 2.09 bits per heavy atom. The lowest BCUT2D eigenvalue weighted by molar-refractivity contribution is -0.115. The molecule has 2 aromatic heterocycles. The number of thioether (sulfide) groups is 1. The van der Waals surface area contributed by atoms with Gasteiger partial charge in [-0.1, -0.05) is 37.2 Å². The molecule has 6 nitrogen and oxygen atoms in total. The highest BCUT2D eigenvalue weighted by molar-refractivity contribution is 8.00. The number of benzene rings is 1. The van der Waals surface area contributed by atoms with Gasteiger partial charge in [0.05, 0.1) is 21.7 Å². The van der Waals surface area contributed by atoms with Crippen molar-refractivity contribution in [1.29, 1.82) is 5.26 Å². The van der Waals surface area contributed by atoms with Crippen molar-refractivity contribution in [3.05, 3.63) is 50.6 Å².